The summed E-state index contributed by atoms with van der Waals surface area (Å²) in [5, 5.41) is 2.94. The number of nitrogens with one attached hydrogen (secondary N) is 2. The number of H-pyrrole nitrogens is 2. The smallest absolute Gasteiger partial charge is 0.0459 e. The van der Waals surface area contributed by atoms with E-state index >= 15 is 0 Å². The quantitative estimate of drug-likeness (QED) is 0.299. The molecular weight excluding hydrogens is 440 g/mol. The maximum atomic E-state index is 3.42. The summed E-state index contributed by atoms with van der Waals surface area (Å²) >= 11 is 0. The van der Waals surface area contributed by atoms with Gasteiger partial charge in [0.25, 0.3) is 0 Å². The highest BCUT2D eigenvalue weighted by Gasteiger charge is 2.36. The number of aromatic nitrogens is 2. The molecule has 4 nitrogen and oxygen atoms in total. The first-order valence-corrected chi connectivity index (χ1v) is 13.4. The third-order valence-corrected chi connectivity index (χ3v) is 9.10. The van der Waals surface area contributed by atoms with Crippen LogP contribution in [0.5, 0.6) is 0 Å². The van der Waals surface area contributed by atoms with Gasteiger partial charge in [-0.2, -0.15) is 0 Å². The van der Waals surface area contributed by atoms with Crippen LogP contribution in [-0.4, -0.2) is 59.0 Å². The van der Waals surface area contributed by atoms with Crippen molar-refractivity contribution in [3.05, 3.63) is 94.3 Å². The van der Waals surface area contributed by atoms with Crippen LogP contribution in [0.2, 0.25) is 0 Å². The highest BCUT2D eigenvalue weighted by Crippen LogP contribution is 2.43. The van der Waals surface area contributed by atoms with Gasteiger partial charge in [-0.05, 0) is 75.2 Å². The number of nitrogens with zero attached hydrogens (tertiary/aromatic N) is 2. The van der Waals surface area contributed by atoms with Gasteiger partial charge in [-0.3, -0.25) is 9.80 Å². The second-order valence-corrected chi connectivity index (χ2v) is 11.6. The lowest BCUT2D eigenvalue weighted by Gasteiger charge is -2.40. The molecule has 2 aliphatic heterocycles. The molecule has 4 aliphatic rings. The van der Waals surface area contributed by atoms with Gasteiger partial charge in [-0.1, -0.05) is 47.6 Å². The first-order valence-electron chi connectivity index (χ1n) is 13.4. The zero-order chi connectivity index (χ0) is 24.6. The molecule has 0 unspecified atom stereocenters. The van der Waals surface area contributed by atoms with Crippen LogP contribution in [0.25, 0.3) is 21.8 Å². The minimum Gasteiger partial charge on any atom is -0.361 e. The van der Waals surface area contributed by atoms with E-state index in [1.54, 1.807) is 0 Å². The lowest BCUT2D eigenvalue weighted by molar-refractivity contribution is 0.224. The van der Waals surface area contributed by atoms with Crippen molar-refractivity contribution >= 4 is 21.8 Å². The van der Waals surface area contributed by atoms with Crippen LogP contribution in [0.3, 0.4) is 0 Å². The fourth-order valence-corrected chi connectivity index (χ4v) is 7.57. The lowest BCUT2D eigenvalue weighted by Crippen LogP contribution is -2.43. The van der Waals surface area contributed by atoms with Crippen molar-refractivity contribution in [1.82, 2.24) is 19.8 Å². The Kier molecular flexibility index (Phi) is 5.06. The Hall–Kier alpha value is -3.08. The molecule has 2 N–H and O–H groups in total. The molecule has 4 atom stereocenters. The molecule has 0 bridgehead atoms. The summed E-state index contributed by atoms with van der Waals surface area (Å²) in [5.74, 6) is 1.13. The molecule has 4 aromatic rings. The Bertz CT molecular complexity index is 1420. The summed E-state index contributed by atoms with van der Waals surface area (Å²) in [5.41, 5.74) is 11.6. The Labute approximate surface area is 213 Å². The third-order valence-electron chi connectivity index (χ3n) is 9.10. The van der Waals surface area contributed by atoms with Crippen molar-refractivity contribution in [3.63, 3.8) is 0 Å². The third kappa shape index (κ3) is 3.35. The van der Waals surface area contributed by atoms with E-state index in [1.165, 1.54) is 68.0 Å². The number of hydrogen-bond acceptors (Lipinski definition) is 2. The number of aromatic amines is 2. The first kappa shape index (κ1) is 22.1. The van der Waals surface area contributed by atoms with Gasteiger partial charge >= 0.3 is 0 Å². The van der Waals surface area contributed by atoms with Crippen molar-refractivity contribution in [3.8, 4) is 0 Å². The molecule has 0 radical (unpaired) electrons. The van der Waals surface area contributed by atoms with Crippen molar-refractivity contribution in [1.29, 1.82) is 0 Å². The summed E-state index contributed by atoms with van der Waals surface area (Å²) in [6, 6.07) is 14.6. The standard InChI is InChI=1S/2C16H18N2/c2*1-10-6-13-12-4-3-5-14-16(12)11(8-17-14)7-15(13)18(2)9-10/h2*3-6,8,13,15,17H,7,9H2,1-2H3/t2*13-,15-/m11/s1. The molecule has 0 saturated heterocycles. The van der Waals surface area contributed by atoms with E-state index in [2.05, 4.69) is 109 Å². The van der Waals surface area contributed by atoms with Gasteiger partial charge in [0, 0.05) is 71.2 Å². The molecule has 2 aliphatic carbocycles. The molecule has 8 rings (SSSR count). The summed E-state index contributed by atoms with van der Waals surface area (Å²) in [4.78, 5) is 11.9. The van der Waals surface area contributed by atoms with Gasteiger partial charge in [0.15, 0.2) is 0 Å². The molecule has 2 aromatic heterocycles. The van der Waals surface area contributed by atoms with Crippen LogP contribution in [-0.2, 0) is 12.8 Å². The average molecular weight is 477 g/mol. The molecule has 2 aromatic carbocycles. The van der Waals surface area contributed by atoms with E-state index < -0.39 is 0 Å². The fraction of sp³-hybridized carbons (Fsp3) is 0.375. The topological polar surface area (TPSA) is 38.1 Å². The number of rotatable bonds is 0. The fourth-order valence-electron chi connectivity index (χ4n) is 7.57. The monoisotopic (exact) mass is 476 g/mol. The maximum absolute atomic E-state index is 3.42. The first-order chi connectivity index (χ1) is 17.5. The minimum atomic E-state index is 0.566. The Morgan fingerprint density at radius 2 is 1.11 bits per heavy atom. The predicted molar refractivity (Wildman–Crippen MR) is 150 cm³/mol. The van der Waals surface area contributed by atoms with E-state index in [1.807, 2.05) is 0 Å². The molecule has 0 saturated carbocycles. The van der Waals surface area contributed by atoms with Crippen LogP contribution in [0.15, 0.2) is 72.1 Å². The summed E-state index contributed by atoms with van der Waals surface area (Å²) in [6.45, 7) is 6.72. The summed E-state index contributed by atoms with van der Waals surface area (Å²) in [6.07, 6.45) is 11.7. The molecule has 4 heteroatoms. The van der Waals surface area contributed by atoms with Gasteiger partial charge in [-0.25, -0.2) is 0 Å². The van der Waals surface area contributed by atoms with Crippen molar-refractivity contribution < 1.29 is 0 Å². The summed E-state index contributed by atoms with van der Waals surface area (Å²) < 4.78 is 0. The van der Waals surface area contributed by atoms with Gasteiger partial charge < -0.3 is 9.97 Å². The van der Waals surface area contributed by atoms with Gasteiger partial charge in [0.2, 0.25) is 0 Å². The molecule has 0 fully saturated rings. The highest BCUT2D eigenvalue weighted by atomic mass is 15.1. The number of fused-ring (bicyclic) bond motifs is 4. The molecule has 0 amide bonds. The zero-order valence-electron chi connectivity index (χ0n) is 21.8. The molecule has 4 heterocycles. The van der Waals surface area contributed by atoms with E-state index in [0.29, 0.717) is 23.9 Å². The number of likely N-dealkylation sites (N-methyl/N-ethyl adjacent to an activating group) is 2. The molecular formula is C32H36N4. The predicted octanol–water partition coefficient (Wildman–Crippen LogP) is 6.14. The van der Waals surface area contributed by atoms with Crippen LogP contribution in [0.1, 0.15) is 47.9 Å². The average Bonchev–Trinajstić information content (AvgIpc) is 3.47. The molecule has 184 valence electrons. The molecule has 36 heavy (non-hydrogen) atoms. The number of benzene rings is 2. The van der Waals surface area contributed by atoms with E-state index in [9.17, 15) is 0 Å². The van der Waals surface area contributed by atoms with E-state index in [0.717, 1.165) is 13.1 Å². The largest absolute Gasteiger partial charge is 0.361 e. The second kappa shape index (κ2) is 8.22. The number of hydrogen-bond donors (Lipinski definition) is 2. The van der Waals surface area contributed by atoms with Crippen LogP contribution < -0.4 is 0 Å². The maximum Gasteiger partial charge on any atom is 0.0459 e. The normalized spacial score (nSPS) is 27.1. The Balaban J connectivity index is 0.000000122. The second-order valence-electron chi connectivity index (χ2n) is 11.6. The van der Waals surface area contributed by atoms with Crippen molar-refractivity contribution in [2.24, 2.45) is 0 Å². The van der Waals surface area contributed by atoms with Crippen molar-refractivity contribution in [2.75, 3.05) is 27.2 Å². The van der Waals surface area contributed by atoms with Crippen LogP contribution in [0, 0.1) is 0 Å². The van der Waals surface area contributed by atoms with Crippen LogP contribution >= 0.6 is 0 Å². The highest BCUT2D eigenvalue weighted by molar-refractivity contribution is 5.89. The zero-order valence-corrected chi connectivity index (χ0v) is 21.8. The lowest BCUT2D eigenvalue weighted by atomic mass is 9.77. The van der Waals surface area contributed by atoms with E-state index in [-0.39, 0.29) is 0 Å². The van der Waals surface area contributed by atoms with E-state index in [4.69, 9.17) is 0 Å². The summed E-state index contributed by atoms with van der Waals surface area (Å²) in [7, 11) is 4.51. The Morgan fingerprint density at radius 1 is 0.667 bits per heavy atom. The van der Waals surface area contributed by atoms with Gasteiger partial charge in [-0.15, -0.1) is 0 Å². The van der Waals surface area contributed by atoms with Gasteiger partial charge in [0.1, 0.15) is 0 Å². The minimum absolute atomic E-state index is 0.566. The van der Waals surface area contributed by atoms with Crippen LogP contribution in [0.4, 0.5) is 0 Å². The SMILES string of the molecule is CC1=C[C@@H]2c3cccc4[nH]cc(c34)C[C@H]2N(C)C1.CC1=C[C@@H]2c3cccc4[nH]cc(c34)C[C@H]2N(C)C1. The van der Waals surface area contributed by atoms with Crippen molar-refractivity contribution in [2.45, 2.75) is 50.6 Å². The Morgan fingerprint density at radius 3 is 1.56 bits per heavy atom. The van der Waals surface area contributed by atoms with Gasteiger partial charge in [0.05, 0.1) is 0 Å². The molecule has 0 spiro atoms.